The molecule has 5 rings (SSSR count). The molecule has 5 saturated heterocycles. The van der Waals surface area contributed by atoms with Crippen molar-refractivity contribution >= 4 is 82.9 Å². The number of aliphatic hydroxyl groups is 6. The van der Waals surface area contributed by atoms with Crippen molar-refractivity contribution in [1.29, 1.82) is 0 Å². The third-order valence-corrected chi connectivity index (χ3v) is 16.4. The molecule has 5 aliphatic heterocycles. The number of nitrogens with one attached hydrogen (secondary N) is 3. The van der Waals surface area contributed by atoms with Gasteiger partial charge in [-0.15, -0.1) is 0 Å². The SMILES string of the molecule is CC1O[C@@H](O[C@@H]2C(COS(=O)(=O)O)O[C@@H](O[C@H]3C(C)O[C@@H](O[C@@H]4C(COS(=O)(=O)O)O[C@@H](C)C(NS(=O)(=O)O)[C@H]4O)C(OS(=O)(=O)O)[C@@H]3O)C(NS(=O)(=O)O)[C@H]2OS(=O)(=O)O)C(O)[C@@H](O)[C@@H]1O[C@@H]1OC(COS(=O)(=O)O)[C@@H](O)[C@H](O)C1NS(=O)(=O)O. The highest BCUT2D eigenvalue weighted by atomic mass is 32.3. The first kappa shape index (κ1) is 75.1. The van der Waals surface area contributed by atoms with E-state index in [9.17, 15) is 130 Å². The minimum Gasteiger partial charge on any atom is -0.389 e. The fourth-order valence-corrected chi connectivity index (χ4v) is 12.8. The molecule has 5 fully saturated rings. The maximum atomic E-state index is 12.6. The molecule has 5 heterocycles. The van der Waals surface area contributed by atoms with Gasteiger partial charge in [0.15, 0.2) is 31.3 Å². The zero-order valence-electron chi connectivity index (χ0n) is 42.8. The summed E-state index contributed by atoms with van der Waals surface area (Å²) in [7, 11) is -45.1. The van der Waals surface area contributed by atoms with Gasteiger partial charge < -0.3 is 73.3 Å². The molecule has 0 radical (unpaired) electrons. The van der Waals surface area contributed by atoms with Gasteiger partial charge in [-0.1, -0.05) is 0 Å². The van der Waals surface area contributed by atoms with Crippen LogP contribution in [0.4, 0.5) is 0 Å². The molecule has 25 atom stereocenters. The standard InChI is InChI=1S/C31H57N3O44S8/c1-7-13(32-79(41,42)43)18(37)24(11(68-7)5-66-83(53,54)55)75-31-27(78-86(62,63)64)21(40)23(9(3)70-31)74-29-15(34-81(47,48)49)26(77-85(59,60)61)25(12(72-29)6-67-84(56,57)58)76-30-20(39)19(38)22(8(2)69-30)73-28-14(33-80(44,45)46)17(36)16(35)10(71-28)4-65-82(50,51)52/h7-40H,4-6H2,1-3H3,(H,41,42,43)(H,44,45,46)(H,47,48,49)(H,50,51,52)(H,53,54,55)(H,56,57,58)(H,59,60,61)(H,62,63,64)/t7-,8?,9?,10?,11?,12?,13?,14?,15?,16+,17+,18+,19+,20?,21+,22+,23-,24+,25+,26+,27?,28-,29-,30-,31-/m0/s1. The maximum absolute atomic E-state index is 12.6. The van der Waals surface area contributed by atoms with Crippen molar-refractivity contribution in [1.82, 2.24) is 14.2 Å². The lowest BCUT2D eigenvalue weighted by Gasteiger charge is -2.50. The van der Waals surface area contributed by atoms with Crippen LogP contribution in [0.15, 0.2) is 0 Å². The monoisotopic (exact) mass is 1430 g/mol. The lowest BCUT2D eigenvalue weighted by atomic mass is 9.93. The first-order chi connectivity index (χ1) is 38.8. The normalized spacial score (nSPS) is 40.3. The van der Waals surface area contributed by atoms with Crippen LogP contribution in [-0.4, -0.2) is 307 Å². The molecule has 17 N–H and O–H groups in total. The van der Waals surface area contributed by atoms with Gasteiger partial charge in [0, 0.05) is 0 Å². The molecule has 0 saturated carbocycles. The van der Waals surface area contributed by atoms with Crippen LogP contribution in [0.5, 0.6) is 0 Å². The Kier molecular flexibility index (Phi) is 24.7. The number of ether oxygens (including phenoxy) is 9. The minimum absolute atomic E-state index is 0.843. The van der Waals surface area contributed by atoms with Gasteiger partial charge in [0.25, 0.3) is 0 Å². The van der Waals surface area contributed by atoms with Crippen molar-refractivity contribution < 1.29 is 198 Å². The largest absolute Gasteiger partial charge is 0.397 e. The second-order valence-corrected chi connectivity index (χ2v) is 27.6. The van der Waals surface area contributed by atoms with Crippen molar-refractivity contribution in [3.63, 3.8) is 0 Å². The molecule has 0 aliphatic carbocycles. The van der Waals surface area contributed by atoms with E-state index in [1.54, 1.807) is 0 Å². The predicted molar refractivity (Wildman–Crippen MR) is 257 cm³/mol. The Bertz CT molecular complexity index is 3250. The number of hydrogen-bond acceptors (Lipinski definition) is 36. The molecule has 0 bridgehead atoms. The number of aliphatic hydroxyl groups excluding tert-OH is 6. The van der Waals surface area contributed by atoms with E-state index in [4.69, 9.17) is 47.2 Å². The van der Waals surface area contributed by atoms with Gasteiger partial charge in [0.1, 0.15) is 97.5 Å². The summed E-state index contributed by atoms with van der Waals surface area (Å²) in [4.78, 5) is 0. The van der Waals surface area contributed by atoms with E-state index in [1.165, 1.54) is 14.2 Å². The Labute approximate surface area is 486 Å². The molecule has 0 amide bonds. The Morgan fingerprint density at radius 1 is 0.314 bits per heavy atom. The van der Waals surface area contributed by atoms with Gasteiger partial charge in [-0.2, -0.15) is 81.5 Å². The van der Waals surface area contributed by atoms with Crippen molar-refractivity contribution in [3.05, 3.63) is 0 Å². The van der Waals surface area contributed by atoms with E-state index in [-0.39, 0.29) is 0 Å². The molecule has 0 aromatic heterocycles. The van der Waals surface area contributed by atoms with Gasteiger partial charge in [-0.3, -0.25) is 36.4 Å². The van der Waals surface area contributed by atoms with Crippen LogP contribution in [0.1, 0.15) is 20.8 Å². The van der Waals surface area contributed by atoms with Crippen molar-refractivity contribution in [2.45, 2.75) is 174 Å². The molecule has 508 valence electrons. The minimum atomic E-state index is -6.13. The van der Waals surface area contributed by atoms with Crippen LogP contribution < -0.4 is 14.2 Å². The number of rotatable bonds is 27. The fourth-order valence-electron chi connectivity index (χ4n) is 9.05. The lowest BCUT2D eigenvalue weighted by molar-refractivity contribution is -0.373. The van der Waals surface area contributed by atoms with Crippen molar-refractivity contribution in [2.75, 3.05) is 19.8 Å². The van der Waals surface area contributed by atoms with E-state index in [0.717, 1.165) is 20.8 Å². The second kappa shape index (κ2) is 28.3. The molecule has 5 aliphatic rings. The Balaban J connectivity index is 1.52. The van der Waals surface area contributed by atoms with Gasteiger partial charge in [0.2, 0.25) is 0 Å². The molecule has 55 heteroatoms. The highest BCUT2D eigenvalue weighted by Gasteiger charge is 2.59. The lowest BCUT2D eigenvalue weighted by Crippen LogP contribution is -2.70. The van der Waals surface area contributed by atoms with Gasteiger partial charge >= 0.3 is 82.9 Å². The second-order valence-electron chi connectivity index (χ2n) is 18.7. The quantitative estimate of drug-likeness (QED) is 0.0340. The summed E-state index contributed by atoms with van der Waals surface area (Å²) in [6, 6.07) is -7.24. The first-order valence-corrected chi connectivity index (χ1v) is 34.3. The van der Waals surface area contributed by atoms with E-state index in [1.807, 2.05) is 0 Å². The summed E-state index contributed by atoms with van der Waals surface area (Å²) in [5, 5.41) is 67.1. The molecule has 86 heavy (non-hydrogen) atoms. The average Bonchev–Trinajstić information content (AvgIpc) is 0.886. The summed E-state index contributed by atoms with van der Waals surface area (Å²) >= 11 is 0. The van der Waals surface area contributed by atoms with E-state index in [2.05, 4.69) is 20.9 Å². The zero-order chi connectivity index (χ0) is 65.6. The third-order valence-electron chi connectivity index (χ3n) is 12.5. The van der Waals surface area contributed by atoms with Crippen LogP contribution in [-0.2, 0) is 146 Å². The molecule has 47 nitrogen and oxygen atoms in total. The van der Waals surface area contributed by atoms with Crippen molar-refractivity contribution in [2.24, 2.45) is 0 Å². The highest BCUT2D eigenvalue weighted by Crippen LogP contribution is 2.38. The highest BCUT2D eigenvalue weighted by molar-refractivity contribution is 7.84. The summed E-state index contributed by atoms with van der Waals surface area (Å²) in [5.41, 5.74) is 0. The smallest absolute Gasteiger partial charge is 0.389 e. The van der Waals surface area contributed by atoms with E-state index >= 15 is 0 Å². The Hall–Kier alpha value is -1.64. The van der Waals surface area contributed by atoms with Crippen LogP contribution in [0.2, 0.25) is 0 Å². The van der Waals surface area contributed by atoms with Gasteiger partial charge in [-0.25, -0.2) is 20.9 Å². The van der Waals surface area contributed by atoms with Crippen LogP contribution in [0.25, 0.3) is 0 Å². The topological polar surface area (TPSA) is 722 Å². The summed E-state index contributed by atoms with van der Waals surface area (Å²) < 4.78 is 344. The molecule has 0 aromatic rings. The molecular weight excluding hydrogens is 1370 g/mol. The predicted octanol–water partition coefficient (Wildman–Crippen LogP) is -11.5. The average molecular weight is 1430 g/mol. The third kappa shape index (κ3) is 22.0. The molecule has 0 aromatic carbocycles. The van der Waals surface area contributed by atoms with Gasteiger partial charge in [-0.05, 0) is 20.8 Å². The summed E-state index contributed by atoms with van der Waals surface area (Å²) in [6.45, 7) is -1.67. The van der Waals surface area contributed by atoms with E-state index in [0.29, 0.717) is 0 Å². The molecular formula is C31H57N3O44S8. The zero-order valence-corrected chi connectivity index (χ0v) is 49.4. The maximum Gasteiger partial charge on any atom is 0.397 e. The van der Waals surface area contributed by atoms with Crippen molar-refractivity contribution in [3.8, 4) is 0 Å². The number of hydrogen-bond donors (Lipinski definition) is 17. The fraction of sp³-hybridized carbons (Fsp3) is 1.00. The van der Waals surface area contributed by atoms with Gasteiger partial charge in [0.05, 0.1) is 44.2 Å². The summed E-state index contributed by atoms with van der Waals surface area (Å²) in [5.74, 6) is 0. The molecule has 0 spiro atoms. The summed E-state index contributed by atoms with van der Waals surface area (Å²) in [6.07, 6.45) is -53.6. The van der Waals surface area contributed by atoms with Crippen LogP contribution in [0, 0.1) is 0 Å². The van der Waals surface area contributed by atoms with E-state index < -0.39 is 256 Å². The Morgan fingerprint density at radius 2 is 0.686 bits per heavy atom. The van der Waals surface area contributed by atoms with Crippen LogP contribution >= 0.6 is 0 Å². The Morgan fingerprint density at radius 3 is 1.15 bits per heavy atom. The molecule has 10 unspecified atom stereocenters. The van der Waals surface area contributed by atoms with Crippen LogP contribution in [0.3, 0.4) is 0 Å². The first-order valence-electron chi connectivity index (χ1n) is 23.2.